The number of halogens is 1. The summed E-state index contributed by atoms with van der Waals surface area (Å²) in [5, 5.41) is 7.83. The molecule has 1 atom stereocenters. The van der Waals surface area contributed by atoms with E-state index in [9.17, 15) is 9.59 Å². The first-order chi connectivity index (χ1) is 8.01. The van der Waals surface area contributed by atoms with Crippen LogP contribution in [-0.4, -0.2) is 18.9 Å². The Morgan fingerprint density at radius 2 is 2.12 bits per heavy atom. The van der Waals surface area contributed by atoms with E-state index in [-0.39, 0.29) is 11.3 Å². The van der Waals surface area contributed by atoms with Gasteiger partial charge in [-0.2, -0.15) is 5.26 Å². The van der Waals surface area contributed by atoms with Crippen LogP contribution in [0.2, 0.25) is 0 Å². The second kappa shape index (κ2) is 5.46. The van der Waals surface area contributed by atoms with E-state index in [0.29, 0.717) is 11.1 Å². The quantitative estimate of drug-likeness (QED) is 0.610. The van der Waals surface area contributed by atoms with Gasteiger partial charge in [-0.25, -0.2) is 4.79 Å². The van der Waals surface area contributed by atoms with E-state index in [2.05, 4.69) is 4.74 Å². The number of ether oxygens (including phenoxy) is 1. The molecule has 5 heteroatoms. The van der Waals surface area contributed by atoms with Gasteiger partial charge in [0.25, 0.3) is 0 Å². The van der Waals surface area contributed by atoms with Crippen LogP contribution in [0, 0.1) is 11.3 Å². The van der Waals surface area contributed by atoms with Crippen molar-refractivity contribution in [1.82, 2.24) is 0 Å². The second-order valence-corrected chi connectivity index (χ2v) is 3.82. The van der Waals surface area contributed by atoms with Crippen LogP contribution in [0.15, 0.2) is 18.2 Å². The summed E-state index contributed by atoms with van der Waals surface area (Å²) >= 11 is 5.90. The first kappa shape index (κ1) is 13.2. The van der Waals surface area contributed by atoms with E-state index >= 15 is 0 Å². The van der Waals surface area contributed by atoms with E-state index in [1.165, 1.54) is 32.2 Å². The molecular formula is C12H10ClNO3. The number of hydrogen-bond acceptors (Lipinski definition) is 4. The molecule has 0 aliphatic heterocycles. The molecule has 0 fully saturated rings. The van der Waals surface area contributed by atoms with Gasteiger partial charge in [-0.1, -0.05) is 6.07 Å². The molecular weight excluding hydrogens is 242 g/mol. The number of nitriles is 1. The molecule has 0 radical (unpaired) electrons. The molecule has 1 aromatic carbocycles. The van der Waals surface area contributed by atoms with Crippen molar-refractivity contribution in [2.45, 2.75) is 12.3 Å². The zero-order chi connectivity index (χ0) is 13.0. The summed E-state index contributed by atoms with van der Waals surface area (Å²) in [6, 6.07) is 6.26. The normalized spacial score (nSPS) is 11.4. The highest BCUT2D eigenvalue weighted by atomic mass is 35.5. The fourth-order valence-electron chi connectivity index (χ4n) is 1.35. The first-order valence-corrected chi connectivity index (χ1v) is 5.21. The maximum Gasteiger partial charge on any atom is 0.338 e. The molecule has 0 aliphatic carbocycles. The average molecular weight is 252 g/mol. The van der Waals surface area contributed by atoms with Crippen molar-refractivity contribution in [2.75, 3.05) is 7.11 Å². The lowest BCUT2D eigenvalue weighted by atomic mass is 10.00. The van der Waals surface area contributed by atoms with Gasteiger partial charge in [0.05, 0.1) is 24.3 Å². The Morgan fingerprint density at radius 3 is 2.59 bits per heavy atom. The van der Waals surface area contributed by atoms with Gasteiger partial charge in [0.15, 0.2) is 5.78 Å². The summed E-state index contributed by atoms with van der Waals surface area (Å²) in [5.74, 6) is -0.898. The van der Waals surface area contributed by atoms with Gasteiger partial charge >= 0.3 is 5.97 Å². The Hall–Kier alpha value is -1.86. The maximum atomic E-state index is 11.5. The van der Waals surface area contributed by atoms with Crippen molar-refractivity contribution in [1.29, 1.82) is 5.26 Å². The smallest absolute Gasteiger partial charge is 0.338 e. The van der Waals surface area contributed by atoms with Crippen LogP contribution in [0.4, 0.5) is 0 Å². The third-order valence-corrected chi connectivity index (χ3v) is 2.76. The number of alkyl halides is 1. The van der Waals surface area contributed by atoms with E-state index < -0.39 is 11.3 Å². The number of ketones is 1. The molecule has 0 aliphatic rings. The van der Waals surface area contributed by atoms with Crippen molar-refractivity contribution in [2.24, 2.45) is 0 Å². The van der Waals surface area contributed by atoms with E-state index in [1.54, 1.807) is 0 Å². The fourth-order valence-corrected chi connectivity index (χ4v) is 1.54. The molecule has 0 amide bonds. The third kappa shape index (κ3) is 2.83. The largest absolute Gasteiger partial charge is 0.465 e. The highest BCUT2D eigenvalue weighted by molar-refractivity contribution is 6.31. The van der Waals surface area contributed by atoms with Crippen molar-refractivity contribution in [3.8, 4) is 6.07 Å². The Labute approximate surface area is 104 Å². The fraction of sp³-hybridized carbons (Fsp3) is 0.250. The van der Waals surface area contributed by atoms with Gasteiger partial charge < -0.3 is 4.74 Å². The van der Waals surface area contributed by atoms with E-state index in [4.69, 9.17) is 16.9 Å². The number of methoxy groups -OCH3 is 1. The lowest BCUT2D eigenvalue weighted by Gasteiger charge is -2.11. The second-order valence-electron chi connectivity index (χ2n) is 3.38. The Balaban J connectivity index is 3.35. The molecule has 0 bridgehead atoms. The molecule has 1 unspecified atom stereocenters. The number of benzene rings is 1. The Bertz CT molecular complexity index is 505. The van der Waals surface area contributed by atoms with Crippen molar-refractivity contribution in [3.05, 3.63) is 34.9 Å². The van der Waals surface area contributed by atoms with Crippen LogP contribution in [0.25, 0.3) is 0 Å². The Kier molecular flexibility index (Phi) is 4.24. The number of hydrogen-bond donors (Lipinski definition) is 0. The molecule has 0 saturated heterocycles. The molecule has 1 rings (SSSR count). The molecule has 0 heterocycles. The molecule has 0 aromatic heterocycles. The lowest BCUT2D eigenvalue weighted by molar-refractivity contribution is -0.116. The summed E-state index contributed by atoms with van der Waals surface area (Å²) < 4.78 is 4.59. The summed E-state index contributed by atoms with van der Waals surface area (Å²) in [4.78, 5) is 22.7. The van der Waals surface area contributed by atoms with Crippen LogP contribution in [0.5, 0.6) is 0 Å². The topological polar surface area (TPSA) is 67.2 Å². The molecule has 4 nitrogen and oxygen atoms in total. The van der Waals surface area contributed by atoms with Crippen molar-refractivity contribution >= 4 is 23.4 Å². The summed E-state index contributed by atoms with van der Waals surface area (Å²) in [7, 11) is 1.22. The lowest BCUT2D eigenvalue weighted by Crippen LogP contribution is -2.11. The highest BCUT2D eigenvalue weighted by Crippen LogP contribution is 2.26. The SMILES string of the molecule is COC(=O)c1cc(C#N)ccc1C(Cl)C(C)=O. The van der Waals surface area contributed by atoms with Crippen LogP contribution in [0.3, 0.4) is 0 Å². The standard InChI is InChI=1S/C12H10ClNO3/c1-7(15)11(13)9-4-3-8(6-14)5-10(9)12(16)17-2/h3-5,11H,1-2H3. The number of rotatable bonds is 3. The van der Waals surface area contributed by atoms with Crippen LogP contribution in [-0.2, 0) is 9.53 Å². The third-order valence-electron chi connectivity index (χ3n) is 2.22. The van der Waals surface area contributed by atoms with Gasteiger partial charge in [-0.15, -0.1) is 11.6 Å². The van der Waals surface area contributed by atoms with Gasteiger partial charge in [0, 0.05) is 0 Å². The molecule has 88 valence electrons. The molecule has 1 aromatic rings. The van der Waals surface area contributed by atoms with Gasteiger partial charge in [-0.3, -0.25) is 4.79 Å². The van der Waals surface area contributed by atoms with E-state index in [0.717, 1.165) is 0 Å². The predicted octanol–water partition coefficient (Wildman–Crippen LogP) is 2.21. The molecule has 17 heavy (non-hydrogen) atoms. The predicted molar refractivity (Wildman–Crippen MR) is 61.8 cm³/mol. The maximum absolute atomic E-state index is 11.5. The average Bonchev–Trinajstić information content (AvgIpc) is 2.35. The van der Waals surface area contributed by atoms with Crippen LogP contribution >= 0.6 is 11.6 Å². The summed E-state index contributed by atoms with van der Waals surface area (Å²) in [5.41, 5.74) is 0.799. The minimum atomic E-state index is -0.920. The Morgan fingerprint density at radius 1 is 1.47 bits per heavy atom. The highest BCUT2D eigenvalue weighted by Gasteiger charge is 2.21. The zero-order valence-electron chi connectivity index (χ0n) is 9.36. The minimum absolute atomic E-state index is 0.141. The number of Topliss-reactive ketones (excluding diaryl/α,β-unsaturated/α-hetero) is 1. The van der Waals surface area contributed by atoms with Crippen molar-refractivity contribution < 1.29 is 14.3 Å². The molecule has 0 N–H and O–H groups in total. The van der Waals surface area contributed by atoms with Gasteiger partial charge in [0.1, 0.15) is 5.38 Å². The molecule has 0 saturated carbocycles. The van der Waals surface area contributed by atoms with Gasteiger partial charge in [-0.05, 0) is 24.6 Å². The summed E-state index contributed by atoms with van der Waals surface area (Å²) in [6.45, 7) is 1.33. The summed E-state index contributed by atoms with van der Waals surface area (Å²) in [6.07, 6.45) is 0. The minimum Gasteiger partial charge on any atom is -0.465 e. The van der Waals surface area contributed by atoms with Crippen LogP contribution < -0.4 is 0 Å². The zero-order valence-corrected chi connectivity index (χ0v) is 10.1. The first-order valence-electron chi connectivity index (χ1n) is 4.78. The molecule has 0 spiro atoms. The van der Waals surface area contributed by atoms with Crippen molar-refractivity contribution in [3.63, 3.8) is 0 Å². The number of nitrogens with zero attached hydrogens (tertiary/aromatic N) is 1. The number of carbonyl (C=O) groups excluding carboxylic acids is 2. The monoisotopic (exact) mass is 251 g/mol. The van der Waals surface area contributed by atoms with E-state index in [1.807, 2.05) is 6.07 Å². The van der Waals surface area contributed by atoms with Gasteiger partial charge in [0.2, 0.25) is 0 Å². The number of carbonyl (C=O) groups is 2. The number of esters is 1. The van der Waals surface area contributed by atoms with Crippen LogP contribution in [0.1, 0.15) is 33.8 Å².